The van der Waals surface area contributed by atoms with Crippen LogP contribution in [-0.4, -0.2) is 14.4 Å². The van der Waals surface area contributed by atoms with E-state index >= 15 is 0 Å². The van der Waals surface area contributed by atoms with Crippen molar-refractivity contribution in [2.75, 3.05) is 5.32 Å². The second-order valence-corrected chi connectivity index (χ2v) is 7.10. The molecule has 3 rings (SSSR count). The Kier molecular flexibility index (Phi) is 4.47. The highest BCUT2D eigenvalue weighted by atomic mass is 32.2. The number of para-hydroxylation sites is 1. The van der Waals surface area contributed by atoms with Gasteiger partial charge in [-0.15, -0.1) is 0 Å². The van der Waals surface area contributed by atoms with Crippen LogP contribution < -0.4 is 15.5 Å². The van der Waals surface area contributed by atoms with E-state index in [1.54, 1.807) is 23.8 Å². The number of rotatable bonds is 3. The zero-order chi connectivity index (χ0) is 18.9. The molecule has 0 saturated heterocycles. The summed E-state index contributed by atoms with van der Waals surface area (Å²) >= 11 is 0. The third-order valence-electron chi connectivity index (χ3n) is 3.58. The lowest BCUT2D eigenvalue weighted by Crippen LogP contribution is -2.36. The van der Waals surface area contributed by atoms with E-state index in [9.17, 15) is 22.4 Å². The predicted octanol–water partition coefficient (Wildman–Crippen LogP) is 2.75. The summed E-state index contributed by atoms with van der Waals surface area (Å²) in [5.41, 5.74) is 0.343. The van der Waals surface area contributed by atoms with E-state index < -0.39 is 32.2 Å². The van der Waals surface area contributed by atoms with E-state index in [0.717, 1.165) is 18.4 Å². The molecule has 2 amide bonds. The zero-order valence-corrected chi connectivity index (χ0v) is 14.3. The van der Waals surface area contributed by atoms with E-state index in [-0.39, 0.29) is 16.7 Å². The van der Waals surface area contributed by atoms with Crippen LogP contribution in [0, 0.1) is 12.7 Å². The number of nitrogens with one attached hydrogen (secondary N) is 2. The van der Waals surface area contributed by atoms with Crippen molar-refractivity contribution in [1.29, 1.82) is 0 Å². The molecule has 0 fully saturated rings. The van der Waals surface area contributed by atoms with Gasteiger partial charge in [0.15, 0.2) is 4.90 Å². The van der Waals surface area contributed by atoms with Crippen molar-refractivity contribution < 1.29 is 22.0 Å². The Bertz CT molecular complexity index is 1150. The molecule has 0 saturated carbocycles. The normalized spacial score (nSPS) is 11.3. The lowest BCUT2D eigenvalue weighted by atomic mass is 10.1. The monoisotopic (exact) mass is 376 g/mol. The van der Waals surface area contributed by atoms with Crippen LogP contribution in [0.5, 0.6) is 0 Å². The molecule has 0 aliphatic carbocycles. The summed E-state index contributed by atoms with van der Waals surface area (Å²) < 4.78 is 44.5. The molecular weight excluding hydrogens is 363 g/mol. The van der Waals surface area contributed by atoms with E-state index in [1.807, 2.05) is 0 Å². The average Bonchev–Trinajstić information content (AvgIpc) is 2.57. The minimum absolute atomic E-state index is 0.0896. The van der Waals surface area contributed by atoms with Crippen molar-refractivity contribution >= 4 is 32.7 Å². The Labute approximate surface area is 147 Å². The first-order valence-corrected chi connectivity index (χ1v) is 8.87. The highest BCUT2D eigenvalue weighted by molar-refractivity contribution is 7.90. The Morgan fingerprint density at radius 3 is 2.50 bits per heavy atom. The number of carbonyl (C=O) groups is 1. The molecule has 0 atom stereocenters. The van der Waals surface area contributed by atoms with Crippen LogP contribution in [0.4, 0.5) is 14.9 Å². The average molecular weight is 376 g/mol. The van der Waals surface area contributed by atoms with Crippen molar-refractivity contribution in [3.05, 3.63) is 70.3 Å². The smallest absolute Gasteiger partial charge is 0.333 e. The van der Waals surface area contributed by atoms with Gasteiger partial charge < -0.3 is 9.73 Å². The lowest BCUT2D eigenvalue weighted by Gasteiger charge is -2.09. The summed E-state index contributed by atoms with van der Waals surface area (Å²) in [4.78, 5) is 23.6. The molecule has 0 spiro atoms. The van der Waals surface area contributed by atoms with E-state index in [2.05, 4.69) is 5.32 Å². The maximum Gasteiger partial charge on any atom is 0.333 e. The molecule has 7 nitrogen and oxygen atoms in total. The van der Waals surface area contributed by atoms with Gasteiger partial charge in [0.25, 0.3) is 10.0 Å². The van der Waals surface area contributed by atoms with E-state index in [1.165, 1.54) is 18.2 Å². The number of anilines is 1. The van der Waals surface area contributed by atoms with Crippen molar-refractivity contribution in [3.63, 3.8) is 0 Å². The molecule has 9 heteroatoms. The number of sulfonamides is 1. The molecule has 134 valence electrons. The first-order chi connectivity index (χ1) is 12.3. The standard InChI is InChI=1S/C17H13FN2O5S/c1-10-3-2-4-13-15(21)14(9-25-16(10)13)26(23,24)20-17(22)19-12-7-5-11(18)6-8-12/h2-9H,1H3,(H2,19,20,22). The molecule has 26 heavy (non-hydrogen) atoms. The van der Waals surface area contributed by atoms with Crippen molar-refractivity contribution in [2.45, 2.75) is 11.8 Å². The maximum absolute atomic E-state index is 12.8. The molecule has 2 N–H and O–H groups in total. The van der Waals surface area contributed by atoms with Gasteiger partial charge in [-0.25, -0.2) is 22.3 Å². The summed E-state index contributed by atoms with van der Waals surface area (Å²) in [5.74, 6) is -0.507. The second-order valence-electron chi connectivity index (χ2n) is 5.45. The van der Waals surface area contributed by atoms with Crippen molar-refractivity contribution in [3.8, 4) is 0 Å². The van der Waals surface area contributed by atoms with Crippen LogP contribution in [-0.2, 0) is 10.0 Å². The minimum Gasteiger partial charge on any atom is -0.462 e. The number of fused-ring (bicyclic) bond motifs is 1. The number of benzene rings is 2. The van der Waals surface area contributed by atoms with Gasteiger partial charge in [-0.2, -0.15) is 0 Å². The van der Waals surface area contributed by atoms with Crippen LogP contribution >= 0.6 is 0 Å². The molecule has 1 aromatic heterocycles. The van der Waals surface area contributed by atoms with Crippen molar-refractivity contribution in [2.24, 2.45) is 0 Å². The first kappa shape index (κ1) is 17.6. The zero-order valence-electron chi connectivity index (χ0n) is 13.4. The molecule has 3 aromatic rings. The topological polar surface area (TPSA) is 105 Å². The Morgan fingerprint density at radius 2 is 1.81 bits per heavy atom. The molecule has 0 unspecified atom stereocenters. The van der Waals surface area contributed by atoms with Gasteiger partial charge in [0, 0.05) is 5.69 Å². The van der Waals surface area contributed by atoms with Crippen LogP contribution in [0.1, 0.15) is 5.56 Å². The van der Waals surface area contributed by atoms with Gasteiger partial charge in [-0.1, -0.05) is 12.1 Å². The third kappa shape index (κ3) is 3.42. The van der Waals surface area contributed by atoms with Crippen LogP contribution in [0.25, 0.3) is 11.0 Å². The summed E-state index contributed by atoms with van der Waals surface area (Å²) in [6.07, 6.45) is 0.797. The molecule has 1 heterocycles. The number of carbonyl (C=O) groups excluding carboxylic acids is 1. The molecule has 0 bridgehead atoms. The van der Waals surface area contributed by atoms with Gasteiger partial charge in [0.05, 0.1) is 5.39 Å². The van der Waals surface area contributed by atoms with Gasteiger partial charge >= 0.3 is 6.03 Å². The summed E-state index contributed by atoms with van der Waals surface area (Å²) in [6, 6.07) is 8.37. The van der Waals surface area contributed by atoms with E-state index in [0.29, 0.717) is 5.56 Å². The van der Waals surface area contributed by atoms with Gasteiger partial charge in [-0.05, 0) is 42.8 Å². The molecule has 2 aromatic carbocycles. The maximum atomic E-state index is 12.8. The lowest BCUT2D eigenvalue weighted by molar-refractivity contribution is 0.256. The summed E-state index contributed by atoms with van der Waals surface area (Å²) in [6.45, 7) is 1.72. The predicted molar refractivity (Wildman–Crippen MR) is 93.0 cm³/mol. The molecule has 0 aliphatic heterocycles. The largest absolute Gasteiger partial charge is 0.462 e. The first-order valence-electron chi connectivity index (χ1n) is 7.38. The SMILES string of the molecule is Cc1cccc2c(=O)c(S(=O)(=O)NC(=O)Nc3ccc(F)cc3)coc12. The Hall–Kier alpha value is -3.20. The fourth-order valence-electron chi connectivity index (χ4n) is 2.34. The Balaban J connectivity index is 1.89. The van der Waals surface area contributed by atoms with Gasteiger partial charge in [0.2, 0.25) is 5.43 Å². The van der Waals surface area contributed by atoms with Crippen LogP contribution in [0.15, 0.2) is 62.8 Å². The Morgan fingerprint density at radius 1 is 1.12 bits per heavy atom. The van der Waals surface area contributed by atoms with Crippen molar-refractivity contribution in [1.82, 2.24) is 4.72 Å². The number of halogens is 1. The molecule has 0 radical (unpaired) electrons. The summed E-state index contributed by atoms with van der Waals surface area (Å²) in [5, 5.41) is 2.32. The van der Waals surface area contributed by atoms with Crippen LogP contribution in [0.2, 0.25) is 0 Å². The molecule has 0 aliphatic rings. The third-order valence-corrected chi connectivity index (χ3v) is 4.90. The highest BCUT2D eigenvalue weighted by Gasteiger charge is 2.23. The minimum atomic E-state index is -4.47. The number of hydrogen-bond donors (Lipinski definition) is 2. The number of urea groups is 1. The number of amides is 2. The van der Waals surface area contributed by atoms with Crippen LogP contribution in [0.3, 0.4) is 0 Å². The summed E-state index contributed by atoms with van der Waals surface area (Å²) in [7, 11) is -4.47. The van der Waals surface area contributed by atoms with Gasteiger partial charge in [0.1, 0.15) is 17.7 Å². The highest BCUT2D eigenvalue weighted by Crippen LogP contribution is 2.17. The second kappa shape index (κ2) is 6.60. The molecular formula is C17H13FN2O5S. The fourth-order valence-corrected chi connectivity index (χ4v) is 3.27. The quantitative estimate of drug-likeness (QED) is 0.731. The fraction of sp³-hybridized carbons (Fsp3) is 0.0588. The van der Waals surface area contributed by atoms with Gasteiger partial charge in [-0.3, -0.25) is 4.79 Å². The van der Waals surface area contributed by atoms with E-state index in [4.69, 9.17) is 4.42 Å². The number of hydrogen-bond acceptors (Lipinski definition) is 5. The number of aryl methyl sites for hydroxylation is 1.